The van der Waals surface area contributed by atoms with Gasteiger partial charge in [-0.15, -0.1) is 0 Å². The maximum absolute atomic E-state index is 16.5. The van der Waals surface area contributed by atoms with Crippen LogP contribution in [0, 0.1) is 11.7 Å². The molecule has 3 aromatic carbocycles. The predicted octanol–water partition coefficient (Wildman–Crippen LogP) is 7.60. The molecule has 14 heteroatoms. The molecule has 0 radical (unpaired) electrons. The lowest BCUT2D eigenvalue weighted by atomic mass is 9.77. The lowest BCUT2D eigenvalue weighted by Gasteiger charge is -2.40. The molecule has 1 aliphatic heterocycles. The third-order valence-electron chi connectivity index (χ3n) is 8.70. The van der Waals surface area contributed by atoms with Gasteiger partial charge in [0.15, 0.2) is 0 Å². The Bertz CT molecular complexity index is 1930. The molecule has 1 saturated heterocycles. The highest BCUT2D eigenvalue weighted by molar-refractivity contribution is 7.92. The summed E-state index contributed by atoms with van der Waals surface area (Å²) in [4.78, 5) is 21.9. The summed E-state index contributed by atoms with van der Waals surface area (Å²) in [5.74, 6) is -1.09. The minimum absolute atomic E-state index is 0.00949. The molecular weight excluding hydrogens is 702 g/mol. The smallest absolute Gasteiger partial charge is 0.410 e. The van der Waals surface area contributed by atoms with E-state index in [1.165, 1.54) is 43.8 Å². The van der Waals surface area contributed by atoms with E-state index in [1.807, 2.05) is 12.1 Å². The van der Waals surface area contributed by atoms with Crippen molar-refractivity contribution in [2.45, 2.75) is 62.7 Å². The van der Waals surface area contributed by atoms with Crippen LogP contribution in [0.1, 0.15) is 49.8 Å². The standard InChI is InChI=1S/C37H41ClF2N4O6S/c1-37(2,3)50-36(45)43-17-15-29(25-7-10-27(38)11-8-25)30(22-43)31(39)18-24-6-13-34(32(40)19-24)51(46,47)44(35-14-16-41-23-42-35)21-26-9-12-28(48-4)20-33(26)49-5/h6-14,16,19-20,23,29-31H,15,17-18,21-22H2,1-5H3. The van der Waals surface area contributed by atoms with Crippen molar-refractivity contribution < 1.29 is 36.2 Å². The van der Waals surface area contributed by atoms with Crippen LogP contribution in [0.4, 0.5) is 19.4 Å². The summed E-state index contributed by atoms with van der Waals surface area (Å²) in [5.41, 5.74) is 0.884. The Hall–Kier alpha value is -4.49. The topological polar surface area (TPSA) is 111 Å². The lowest BCUT2D eigenvalue weighted by Crippen LogP contribution is -2.48. The van der Waals surface area contributed by atoms with Gasteiger partial charge in [-0.05, 0) is 80.6 Å². The largest absolute Gasteiger partial charge is 0.497 e. The van der Waals surface area contributed by atoms with Crippen LogP contribution in [0.2, 0.25) is 5.02 Å². The number of likely N-dealkylation sites (tertiary alicyclic amines) is 1. The average molecular weight is 743 g/mol. The second kappa shape index (κ2) is 15.8. The summed E-state index contributed by atoms with van der Waals surface area (Å²) in [6.45, 7) is 5.51. The van der Waals surface area contributed by atoms with Crippen molar-refractivity contribution in [2.75, 3.05) is 31.6 Å². The molecule has 1 aliphatic rings. The SMILES string of the molecule is COc1ccc(CN(c2ccncn2)S(=O)(=O)c2ccc(CC(F)C3CN(C(=O)OC(C)(C)C)CCC3c3ccc(Cl)cc3)cc2F)c(OC)c1. The molecule has 0 saturated carbocycles. The van der Waals surface area contributed by atoms with Gasteiger partial charge in [-0.1, -0.05) is 29.8 Å². The number of sulfonamides is 1. The van der Waals surface area contributed by atoms with Crippen molar-refractivity contribution in [3.8, 4) is 11.5 Å². The number of rotatable bonds is 11. The Balaban J connectivity index is 1.42. The van der Waals surface area contributed by atoms with Gasteiger partial charge < -0.3 is 19.1 Å². The first-order valence-corrected chi connectivity index (χ1v) is 18.2. The lowest BCUT2D eigenvalue weighted by molar-refractivity contribution is 0.00761. The van der Waals surface area contributed by atoms with Crippen molar-refractivity contribution in [1.82, 2.24) is 14.9 Å². The van der Waals surface area contributed by atoms with Gasteiger partial charge in [-0.2, -0.15) is 0 Å². The number of halogens is 3. The van der Waals surface area contributed by atoms with Crippen LogP contribution in [0.5, 0.6) is 11.5 Å². The van der Waals surface area contributed by atoms with Crippen LogP contribution in [-0.2, 0) is 27.7 Å². The second-order valence-electron chi connectivity index (χ2n) is 13.3. The van der Waals surface area contributed by atoms with Gasteiger partial charge in [-0.25, -0.2) is 36.3 Å². The first kappa shape index (κ1) is 37.8. The fourth-order valence-electron chi connectivity index (χ4n) is 6.20. The Morgan fingerprint density at radius 3 is 2.43 bits per heavy atom. The third kappa shape index (κ3) is 9.06. The van der Waals surface area contributed by atoms with Crippen molar-refractivity contribution in [3.63, 3.8) is 0 Å². The number of ether oxygens (including phenoxy) is 3. The molecule has 0 bridgehead atoms. The number of carbonyl (C=O) groups excluding carboxylic acids is 1. The van der Waals surface area contributed by atoms with Crippen molar-refractivity contribution in [1.29, 1.82) is 0 Å². The van der Waals surface area contributed by atoms with Crippen LogP contribution in [0.15, 0.2) is 84.1 Å². The molecule has 51 heavy (non-hydrogen) atoms. The van der Waals surface area contributed by atoms with Crippen LogP contribution in [0.25, 0.3) is 0 Å². The van der Waals surface area contributed by atoms with E-state index in [0.29, 0.717) is 35.1 Å². The van der Waals surface area contributed by atoms with Crippen molar-refractivity contribution in [3.05, 3.63) is 107 Å². The quantitative estimate of drug-likeness (QED) is 0.155. The number of carbonyl (C=O) groups is 1. The number of hydrogen-bond donors (Lipinski definition) is 0. The Morgan fingerprint density at radius 2 is 1.80 bits per heavy atom. The van der Waals surface area contributed by atoms with Crippen LogP contribution < -0.4 is 13.8 Å². The first-order chi connectivity index (χ1) is 24.2. The maximum atomic E-state index is 16.5. The zero-order chi connectivity index (χ0) is 36.9. The zero-order valence-electron chi connectivity index (χ0n) is 29.1. The molecule has 1 amide bonds. The van der Waals surface area contributed by atoms with Crippen LogP contribution in [-0.4, -0.2) is 68.5 Å². The number of aromatic nitrogens is 2. The van der Waals surface area contributed by atoms with E-state index in [-0.39, 0.29) is 36.8 Å². The normalized spacial score (nSPS) is 17.1. The number of amides is 1. The number of anilines is 1. The number of alkyl halides is 1. The molecule has 0 spiro atoms. The fraction of sp³-hybridized carbons (Fsp3) is 0.378. The minimum Gasteiger partial charge on any atom is -0.497 e. The molecule has 1 aromatic heterocycles. The Kier molecular flexibility index (Phi) is 11.7. The van der Waals surface area contributed by atoms with Gasteiger partial charge in [-0.3, -0.25) is 0 Å². The van der Waals surface area contributed by atoms with Gasteiger partial charge in [0.2, 0.25) is 0 Å². The molecule has 3 atom stereocenters. The van der Waals surface area contributed by atoms with Gasteiger partial charge >= 0.3 is 6.09 Å². The van der Waals surface area contributed by atoms with E-state index in [0.717, 1.165) is 22.0 Å². The van der Waals surface area contributed by atoms with Gasteiger partial charge in [0.1, 0.15) is 46.1 Å². The first-order valence-electron chi connectivity index (χ1n) is 16.4. The molecule has 1 fully saturated rings. The Morgan fingerprint density at radius 1 is 1.06 bits per heavy atom. The molecule has 5 rings (SSSR count). The van der Waals surface area contributed by atoms with Gasteiger partial charge in [0.05, 0.1) is 20.8 Å². The summed E-state index contributed by atoms with van der Waals surface area (Å²) in [6, 6.07) is 17.1. The predicted molar refractivity (Wildman–Crippen MR) is 190 cm³/mol. The van der Waals surface area contributed by atoms with Gasteiger partial charge in [0.25, 0.3) is 10.0 Å². The monoisotopic (exact) mass is 742 g/mol. The average Bonchev–Trinajstić information content (AvgIpc) is 3.10. The van der Waals surface area contributed by atoms with Crippen LogP contribution >= 0.6 is 11.6 Å². The summed E-state index contributed by atoms with van der Waals surface area (Å²) in [5, 5.41) is 0.547. The highest BCUT2D eigenvalue weighted by Gasteiger charge is 2.39. The Labute approximate surface area is 302 Å². The van der Waals surface area contributed by atoms with Crippen LogP contribution in [0.3, 0.4) is 0 Å². The minimum atomic E-state index is -4.55. The van der Waals surface area contributed by atoms with E-state index >= 15 is 8.78 Å². The second-order valence-corrected chi connectivity index (χ2v) is 15.5. The number of methoxy groups -OCH3 is 2. The zero-order valence-corrected chi connectivity index (χ0v) is 30.6. The number of nitrogens with zero attached hydrogens (tertiary/aromatic N) is 4. The number of piperidine rings is 1. The highest BCUT2D eigenvalue weighted by atomic mass is 35.5. The highest BCUT2D eigenvalue weighted by Crippen LogP contribution is 2.39. The molecule has 2 heterocycles. The number of benzene rings is 3. The van der Waals surface area contributed by atoms with E-state index in [4.69, 9.17) is 25.8 Å². The van der Waals surface area contributed by atoms with E-state index in [1.54, 1.807) is 51.1 Å². The van der Waals surface area contributed by atoms with Gasteiger partial charge in [0, 0.05) is 54.3 Å². The van der Waals surface area contributed by atoms with E-state index in [2.05, 4.69) is 9.97 Å². The summed E-state index contributed by atoms with van der Waals surface area (Å²) in [7, 11) is -1.61. The summed E-state index contributed by atoms with van der Waals surface area (Å²) in [6.07, 6.45) is 0.787. The molecule has 10 nitrogen and oxygen atoms in total. The molecule has 0 N–H and O–H groups in total. The van der Waals surface area contributed by atoms with E-state index in [9.17, 15) is 13.2 Å². The molecule has 3 unspecified atom stereocenters. The molecule has 4 aromatic rings. The molecular formula is C37H41ClF2N4O6S. The molecule has 0 aliphatic carbocycles. The summed E-state index contributed by atoms with van der Waals surface area (Å²) >= 11 is 6.12. The molecule has 272 valence electrons. The van der Waals surface area contributed by atoms with Crippen molar-refractivity contribution >= 4 is 33.5 Å². The fourth-order valence-corrected chi connectivity index (χ4v) is 7.77. The van der Waals surface area contributed by atoms with E-state index < -0.39 is 44.5 Å². The summed E-state index contributed by atoms with van der Waals surface area (Å²) < 4.78 is 77.9. The van der Waals surface area contributed by atoms with Crippen molar-refractivity contribution in [2.24, 2.45) is 5.92 Å². The number of hydrogen-bond acceptors (Lipinski definition) is 8. The maximum Gasteiger partial charge on any atom is 0.410 e. The third-order valence-corrected chi connectivity index (χ3v) is 10.7.